The summed E-state index contributed by atoms with van der Waals surface area (Å²) < 4.78 is 61.4. The summed E-state index contributed by atoms with van der Waals surface area (Å²) in [7, 11) is 1.98. The quantitative estimate of drug-likeness (QED) is 0.404. The van der Waals surface area contributed by atoms with Gasteiger partial charge in [0.2, 0.25) is 0 Å². The summed E-state index contributed by atoms with van der Waals surface area (Å²) in [5.41, 5.74) is -0.373. The van der Waals surface area contributed by atoms with Gasteiger partial charge in [0.25, 0.3) is 5.88 Å². The van der Waals surface area contributed by atoms with Gasteiger partial charge in [-0.05, 0) is 58.6 Å². The van der Waals surface area contributed by atoms with Crippen LogP contribution in [0.25, 0.3) is 10.9 Å². The zero-order valence-corrected chi connectivity index (χ0v) is 21.6. The molecule has 2 fully saturated rings. The van der Waals surface area contributed by atoms with Crippen LogP contribution in [0.3, 0.4) is 0 Å². The molecule has 1 saturated carbocycles. The monoisotopic (exact) mass is 535 g/mol. The molecule has 1 atom stereocenters. The fraction of sp³-hybridized carbons (Fsp3) is 0.577. The number of rotatable bonds is 7. The van der Waals surface area contributed by atoms with Crippen LogP contribution < -0.4 is 20.3 Å². The summed E-state index contributed by atoms with van der Waals surface area (Å²) in [6.45, 7) is 4.56. The molecule has 1 saturated heterocycles. The summed E-state index contributed by atoms with van der Waals surface area (Å²) in [5.74, 6) is -0.359. The number of nitrogens with zero attached hydrogens (tertiary/aromatic N) is 5. The van der Waals surface area contributed by atoms with Gasteiger partial charge in [-0.25, -0.2) is 14.4 Å². The van der Waals surface area contributed by atoms with Gasteiger partial charge in [0.1, 0.15) is 11.9 Å². The Bertz CT molecular complexity index is 1260. The van der Waals surface area contributed by atoms with Crippen molar-refractivity contribution in [2.45, 2.75) is 69.8 Å². The first-order valence-corrected chi connectivity index (χ1v) is 13.2. The first-order valence-electron chi connectivity index (χ1n) is 13.2. The summed E-state index contributed by atoms with van der Waals surface area (Å²) in [6.07, 6.45) is 2.28. The second-order valence-corrected chi connectivity index (χ2v) is 9.98. The molecule has 0 amide bonds. The average molecular weight is 536 g/mol. The van der Waals surface area contributed by atoms with Crippen molar-refractivity contribution < 1.29 is 22.3 Å². The molecule has 1 aliphatic carbocycles. The van der Waals surface area contributed by atoms with Crippen LogP contribution in [0.2, 0.25) is 0 Å². The fourth-order valence-corrected chi connectivity index (χ4v) is 5.50. The van der Waals surface area contributed by atoms with Crippen LogP contribution in [-0.4, -0.2) is 58.6 Å². The Morgan fingerprint density at radius 1 is 1.13 bits per heavy atom. The molecule has 206 valence electrons. The molecule has 3 aromatic heterocycles. The number of piperidine rings is 1. The lowest BCUT2D eigenvalue weighted by molar-refractivity contribution is -0.140. The molecule has 8 nitrogen and oxygen atoms in total. The molecule has 4 heterocycles. The van der Waals surface area contributed by atoms with E-state index < -0.39 is 29.5 Å². The van der Waals surface area contributed by atoms with E-state index in [1.807, 2.05) is 26.2 Å². The smallest absolute Gasteiger partial charge is 0.419 e. The van der Waals surface area contributed by atoms with Crippen molar-refractivity contribution in [3.05, 3.63) is 35.9 Å². The molecule has 2 N–H and O–H groups in total. The van der Waals surface area contributed by atoms with E-state index in [2.05, 4.69) is 30.2 Å². The maximum absolute atomic E-state index is 14.4. The van der Waals surface area contributed by atoms with Gasteiger partial charge in [0, 0.05) is 44.1 Å². The Labute approximate surface area is 218 Å². The molecule has 0 spiro atoms. The molecule has 3 aromatic rings. The summed E-state index contributed by atoms with van der Waals surface area (Å²) in [5, 5.41) is 12.7. The van der Waals surface area contributed by atoms with Crippen molar-refractivity contribution in [2.24, 2.45) is 0 Å². The van der Waals surface area contributed by atoms with Crippen molar-refractivity contribution >= 4 is 22.5 Å². The topological polar surface area (TPSA) is 80.1 Å². The standard InChI is InChI=1S/C26H33F4N7O/c1-3-32-22-13-21-19(14-34-22)24(36-12-4-5-16(15-36)31-2)35-37(21)17-6-8-18(9-7-17)38-25-23(27)20(10-11-33-25)26(28,29)30/h10-11,13-14,16-18,31H,3-9,12,15H2,1-2H3,(H,32,34)/t16-,17-,18+/m0/s1. The maximum atomic E-state index is 14.4. The van der Waals surface area contributed by atoms with Crippen LogP contribution in [0, 0.1) is 5.82 Å². The van der Waals surface area contributed by atoms with Crippen molar-refractivity contribution in [3.63, 3.8) is 0 Å². The number of nitrogens with one attached hydrogen (secondary N) is 2. The van der Waals surface area contributed by atoms with Crippen molar-refractivity contribution in [1.29, 1.82) is 0 Å². The summed E-state index contributed by atoms with van der Waals surface area (Å²) in [4.78, 5) is 10.6. The number of halogens is 4. The van der Waals surface area contributed by atoms with E-state index in [-0.39, 0.29) is 6.04 Å². The lowest BCUT2D eigenvalue weighted by Crippen LogP contribution is -2.44. The minimum atomic E-state index is -4.80. The van der Waals surface area contributed by atoms with E-state index in [4.69, 9.17) is 9.84 Å². The van der Waals surface area contributed by atoms with Crippen molar-refractivity contribution in [1.82, 2.24) is 25.1 Å². The summed E-state index contributed by atoms with van der Waals surface area (Å²) >= 11 is 0. The Hall–Kier alpha value is -3.15. The van der Waals surface area contributed by atoms with E-state index in [0.717, 1.165) is 61.2 Å². The molecule has 0 radical (unpaired) electrons. The van der Waals surface area contributed by atoms with Gasteiger partial charge in [0.15, 0.2) is 11.6 Å². The Morgan fingerprint density at radius 2 is 1.92 bits per heavy atom. The number of ether oxygens (including phenoxy) is 1. The SMILES string of the molecule is CCNc1cc2c(cn1)c(N1CCC[C@H](NC)C1)nn2[C@H]1CC[C@@H](Oc2nccc(C(F)(F)F)c2F)CC1. The fourth-order valence-electron chi connectivity index (χ4n) is 5.50. The molecule has 12 heteroatoms. The third-order valence-corrected chi connectivity index (χ3v) is 7.49. The molecular formula is C26H33F4N7O. The largest absolute Gasteiger partial charge is 0.472 e. The van der Waals surface area contributed by atoms with Crippen molar-refractivity contribution in [3.8, 4) is 5.88 Å². The lowest BCUT2D eigenvalue weighted by Gasteiger charge is -2.33. The van der Waals surface area contributed by atoms with E-state index in [1.54, 1.807) is 0 Å². The predicted octanol–water partition coefficient (Wildman–Crippen LogP) is 5.17. The predicted molar refractivity (Wildman–Crippen MR) is 137 cm³/mol. The van der Waals surface area contributed by atoms with E-state index >= 15 is 0 Å². The summed E-state index contributed by atoms with van der Waals surface area (Å²) in [6, 6.07) is 3.12. The maximum Gasteiger partial charge on any atom is 0.419 e. The third kappa shape index (κ3) is 5.36. The van der Waals surface area contributed by atoms with Gasteiger partial charge in [0.05, 0.1) is 22.5 Å². The number of aromatic nitrogens is 4. The lowest BCUT2D eigenvalue weighted by atomic mass is 9.93. The average Bonchev–Trinajstić information content (AvgIpc) is 3.29. The molecule has 1 aliphatic heterocycles. The van der Waals surface area contributed by atoms with Crippen LogP contribution in [0.15, 0.2) is 24.5 Å². The zero-order chi connectivity index (χ0) is 26.9. The van der Waals surface area contributed by atoms with E-state index in [1.165, 1.54) is 0 Å². The van der Waals surface area contributed by atoms with Gasteiger partial charge >= 0.3 is 6.18 Å². The first-order chi connectivity index (χ1) is 18.3. The minimum absolute atomic E-state index is 0.0761. The van der Waals surface area contributed by atoms with Gasteiger partial charge in [-0.1, -0.05) is 0 Å². The Kier molecular flexibility index (Phi) is 7.60. The number of likely N-dealkylation sites (N-methyl/N-ethyl adjacent to an activating group) is 1. The molecule has 2 aliphatic rings. The zero-order valence-electron chi connectivity index (χ0n) is 21.6. The Balaban J connectivity index is 1.36. The van der Waals surface area contributed by atoms with Crippen LogP contribution >= 0.6 is 0 Å². The molecule has 0 bridgehead atoms. The van der Waals surface area contributed by atoms with E-state index in [9.17, 15) is 17.6 Å². The normalized spacial score (nSPS) is 22.6. The molecule has 38 heavy (non-hydrogen) atoms. The number of anilines is 2. The van der Waals surface area contributed by atoms with Crippen LogP contribution in [-0.2, 0) is 6.18 Å². The second kappa shape index (κ2) is 10.9. The van der Waals surface area contributed by atoms with Gasteiger partial charge in [-0.3, -0.25) is 4.68 Å². The van der Waals surface area contributed by atoms with Gasteiger partial charge in [-0.2, -0.15) is 18.3 Å². The molecular weight excluding hydrogens is 502 g/mol. The highest BCUT2D eigenvalue weighted by Gasteiger charge is 2.37. The van der Waals surface area contributed by atoms with E-state index in [0.29, 0.717) is 37.8 Å². The highest BCUT2D eigenvalue weighted by atomic mass is 19.4. The van der Waals surface area contributed by atoms with Gasteiger partial charge < -0.3 is 20.3 Å². The number of pyridine rings is 2. The van der Waals surface area contributed by atoms with Crippen LogP contribution in [0.1, 0.15) is 57.1 Å². The second-order valence-electron chi connectivity index (χ2n) is 9.98. The highest BCUT2D eigenvalue weighted by molar-refractivity contribution is 5.91. The number of hydrogen-bond donors (Lipinski definition) is 2. The molecule has 5 rings (SSSR count). The number of alkyl halides is 3. The van der Waals surface area contributed by atoms with Gasteiger partial charge in [-0.15, -0.1) is 0 Å². The molecule has 0 unspecified atom stereocenters. The Morgan fingerprint density at radius 3 is 2.63 bits per heavy atom. The van der Waals surface area contributed by atoms with Crippen molar-refractivity contribution in [2.75, 3.05) is 36.9 Å². The minimum Gasteiger partial charge on any atom is -0.472 e. The number of hydrogen-bond acceptors (Lipinski definition) is 7. The highest BCUT2D eigenvalue weighted by Crippen LogP contribution is 2.38. The number of fused-ring (bicyclic) bond motifs is 1. The van der Waals surface area contributed by atoms with Crippen LogP contribution in [0.4, 0.5) is 29.2 Å². The first kappa shape index (κ1) is 26.5. The van der Waals surface area contributed by atoms with Crippen LogP contribution in [0.5, 0.6) is 5.88 Å². The third-order valence-electron chi connectivity index (χ3n) is 7.49. The molecule has 0 aromatic carbocycles.